The van der Waals surface area contributed by atoms with Gasteiger partial charge in [0.1, 0.15) is 18.3 Å². The Hall–Kier alpha value is -2.96. The SMILES string of the molecule is C=CCOC(=O)CCC(Cc1ccc(C(=O)OC(C)(C)C)cc1)C1OC1OCc1ccccc1. The Labute approximate surface area is 201 Å². The van der Waals surface area contributed by atoms with Gasteiger partial charge in [-0.3, -0.25) is 4.79 Å². The van der Waals surface area contributed by atoms with Crippen LogP contribution in [0.15, 0.2) is 67.3 Å². The van der Waals surface area contributed by atoms with Crippen LogP contribution in [0.3, 0.4) is 0 Å². The van der Waals surface area contributed by atoms with Crippen molar-refractivity contribution >= 4 is 11.9 Å². The van der Waals surface area contributed by atoms with Crippen molar-refractivity contribution in [3.63, 3.8) is 0 Å². The van der Waals surface area contributed by atoms with Gasteiger partial charge >= 0.3 is 11.9 Å². The molecule has 6 nitrogen and oxygen atoms in total. The Morgan fingerprint density at radius 1 is 1.06 bits per heavy atom. The van der Waals surface area contributed by atoms with Gasteiger partial charge in [0.25, 0.3) is 0 Å². The number of benzene rings is 2. The molecule has 3 atom stereocenters. The molecule has 0 amide bonds. The van der Waals surface area contributed by atoms with E-state index in [1.165, 1.54) is 0 Å². The first-order valence-electron chi connectivity index (χ1n) is 11.6. The molecule has 3 rings (SSSR count). The topological polar surface area (TPSA) is 74.4 Å². The van der Waals surface area contributed by atoms with E-state index in [9.17, 15) is 9.59 Å². The van der Waals surface area contributed by atoms with Crippen LogP contribution in [0.4, 0.5) is 0 Å². The van der Waals surface area contributed by atoms with Gasteiger partial charge in [-0.25, -0.2) is 4.79 Å². The fraction of sp³-hybridized carbons (Fsp3) is 0.429. The Morgan fingerprint density at radius 2 is 1.76 bits per heavy atom. The van der Waals surface area contributed by atoms with E-state index in [2.05, 4.69) is 6.58 Å². The highest BCUT2D eigenvalue weighted by Crippen LogP contribution is 2.36. The predicted octanol–water partition coefficient (Wildman–Crippen LogP) is 5.25. The molecule has 0 N–H and O–H groups in total. The van der Waals surface area contributed by atoms with Crippen molar-refractivity contribution in [1.82, 2.24) is 0 Å². The fourth-order valence-electron chi connectivity index (χ4n) is 3.66. The van der Waals surface area contributed by atoms with Gasteiger partial charge in [-0.1, -0.05) is 55.1 Å². The second-order valence-corrected chi connectivity index (χ2v) is 9.44. The highest BCUT2D eigenvalue weighted by atomic mass is 16.8. The summed E-state index contributed by atoms with van der Waals surface area (Å²) in [5, 5.41) is 0. The van der Waals surface area contributed by atoms with E-state index >= 15 is 0 Å². The lowest BCUT2D eigenvalue weighted by Crippen LogP contribution is -2.23. The lowest BCUT2D eigenvalue weighted by Gasteiger charge is -2.19. The molecule has 1 fully saturated rings. The van der Waals surface area contributed by atoms with Gasteiger partial charge in [0, 0.05) is 6.42 Å². The molecule has 0 aromatic heterocycles. The Kier molecular flexibility index (Phi) is 9.02. The number of esters is 2. The molecular formula is C28H34O6. The summed E-state index contributed by atoms with van der Waals surface area (Å²) in [6.45, 7) is 9.78. The average Bonchev–Trinajstić information content (AvgIpc) is 3.58. The summed E-state index contributed by atoms with van der Waals surface area (Å²) < 4.78 is 22.3. The van der Waals surface area contributed by atoms with E-state index in [0.717, 1.165) is 11.1 Å². The van der Waals surface area contributed by atoms with Crippen molar-refractivity contribution in [2.24, 2.45) is 5.92 Å². The van der Waals surface area contributed by atoms with E-state index in [0.29, 0.717) is 31.4 Å². The van der Waals surface area contributed by atoms with Gasteiger partial charge in [0.05, 0.1) is 12.2 Å². The zero-order valence-electron chi connectivity index (χ0n) is 20.2. The van der Waals surface area contributed by atoms with Gasteiger partial charge in [-0.05, 0) is 62.8 Å². The summed E-state index contributed by atoms with van der Waals surface area (Å²) in [5.74, 6) is -0.530. The molecule has 1 aliphatic heterocycles. The fourth-order valence-corrected chi connectivity index (χ4v) is 3.66. The molecule has 34 heavy (non-hydrogen) atoms. The van der Waals surface area contributed by atoms with Gasteiger partial charge in [0.2, 0.25) is 0 Å². The molecule has 0 radical (unpaired) electrons. The second kappa shape index (κ2) is 12.0. The Bertz CT molecular complexity index is 945. The van der Waals surface area contributed by atoms with Crippen molar-refractivity contribution < 1.29 is 28.5 Å². The van der Waals surface area contributed by atoms with Crippen molar-refractivity contribution in [3.05, 3.63) is 83.9 Å². The molecule has 0 saturated carbocycles. The molecule has 3 unspecified atom stereocenters. The molecule has 0 spiro atoms. The molecule has 2 aromatic rings. The highest BCUT2D eigenvalue weighted by Gasteiger charge is 2.45. The maximum Gasteiger partial charge on any atom is 0.338 e. The van der Waals surface area contributed by atoms with Crippen molar-refractivity contribution in [1.29, 1.82) is 0 Å². The van der Waals surface area contributed by atoms with Crippen LogP contribution >= 0.6 is 0 Å². The molecule has 1 heterocycles. The normalized spacial score (nSPS) is 18.1. The first-order chi connectivity index (χ1) is 16.2. The summed E-state index contributed by atoms with van der Waals surface area (Å²) in [6, 6.07) is 17.3. The first kappa shape index (κ1) is 25.7. The number of rotatable bonds is 12. The third-order valence-corrected chi connectivity index (χ3v) is 5.37. The smallest absolute Gasteiger partial charge is 0.338 e. The molecule has 1 aliphatic rings. The van der Waals surface area contributed by atoms with Gasteiger partial charge in [-0.15, -0.1) is 0 Å². The lowest BCUT2D eigenvalue weighted by atomic mass is 9.91. The lowest BCUT2D eigenvalue weighted by molar-refractivity contribution is -0.142. The molecule has 0 aliphatic carbocycles. The van der Waals surface area contributed by atoms with Crippen molar-refractivity contribution in [2.75, 3.05) is 6.61 Å². The maximum absolute atomic E-state index is 12.3. The minimum Gasteiger partial charge on any atom is -0.461 e. The van der Waals surface area contributed by atoms with Gasteiger partial charge < -0.3 is 18.9 Å². The van der Waals surface area contributed by atoms with E-state index in [-0.39, 0.29) is 36.9 Å². The molecule has 2 aromatic carbocycles. The number of hydrogen-bond acceptors (Lipinski definition) is 6. The summed E-state index contributed by atoms with van der Waals surface area (Å²) >= 11 is 0. The number of carbonyl (C=O) groups is 2. The zero-order valence-corrected chi connectivity index (χ0v) is 20.2. The minimum atomic E-state index is -0.543. The number of hydrogen-bond donors (Lipinski definition) is 0. The number of epoxide rings is 1. The van der Waals surface area contributed by atoms with E-state index < -0.39 is 5.60 Å². The predicted molar refractivity (Wildman–Crippen MR) is 129 cm³/mol. The largest absolute Gasteiger partial charge is 0.461 e. The second-order valence-electron chi connectivity index (χ2n) is 9.44. The van der Waals surface area contributed by atoms with E-state index in [4.69, 9.17) is 18.9 Å². The van der Waals surface area contributed by atoms with E-state index in [1.54, 1.807) is 18.2 Å². The summed E-state index contributed by atoms with van der Waals surface area (Å²) in [6.07, 6.45) is 2.76. The van der Waals surface area contributed by atoms with Crippen LogP contribution in [0.5, 0.6) is 0 Å². The summed E-state index contributed by atoms with van der Waals surface area (Å²) in [7, 11) is 0. The third-order valence-electron chi connectivity index (χ3n) is 5.37. The van der Waals surface area contributed by atoms with Crippen molar-refractivity contribution in [2.45, 2.75) is 64.6 Å². The average molecular weight is 467 g/mol. The molecular weight excluding hydrogens is 432 g/mol. The third kappa shape index (κ3) is 8.43. The standard InChI is InChI=1S/C28H34O6/c1-5-17-31-24(29)16-15-23(25-27(33-25)32-19-21-9-7-6-8-10-21)18-20-11-13-22(14-12-20)26(30)34-28(2,3)4/h5-14,23,25,27H,1,15-19H2,2-4H3. The van der Waals surface area contributed by atoms with Crippen LogP contribution in [0.1, 0.15) is 55.1 Å². The van der Waals surface area contributed by atoms with Crippen LogP contribution in [0.25, 0.3) is 0 Å². The minimum absolute atomic E-state index is 0.0735. The quantitative estimate of drug-likeness (QED) is 0.242. The number of carbonyl (C=O) groups excluding carboxylic acids is 2. The summed E-state index contributed by atoms with van der Waals surface area (Å²) in [5.41, 5.74) is 2.10. The Morgan fingerprint density at radius 3 is 2.41 bits per heavy atom. The number of ether oxygens (including phenoxy) is 4. The summed E-state index contributed by atoms with van der Waals surface area (Å²) in [4.78, 5) is 24.3. The van der Waals surface area contributed by atoms with Crippen molar-refractivity contribution in [3.8, 4) is 0 Å². The molecule has 0 bridgehead atoms. The molecule has 1 saturated heterocycles. The van der Waals surface area contributed by atoms with E-state index in [1.807, 2.05) is 63.2 Å². The van der Waals surface area contributed by atoms with Crippen LogP contribution in [-0.2, 0) is 36.8 Å². The first-order valence-corrected chi connectivity index (χ1v) is 11.6. The maximum atomic E-state index is 12.3. The molecule has 182 valence electrons. The van der Waals surface area contributed by atoms with Gasteiger partial charge in [-0.2, -0.15) is 0 Å². The van der Waals surface area contributed by atoms with Crippen LogP contribution < -0.4 is 0 Å². The monoisotopic (exact) mass is 466 g/mol. The Balaban J connectivity index is 1.60. The molecule has 6 heteroatoms. The van der Waals surface area contributed by atoms with Crippen LogP contribution in [0, 0.1) is 5.92 Å². The van der Waals surface area contributed by atoms with Crippen LogP contribution in [0.2, 0.25) is 0 Å². The van der Waals surface area contributed by atoms with Crippen LogP contribution in [-0.4, -0.2) is 36.5 Å². The zero-order chi connectivity index (χ0) is 24.6. The highest BCUT2D eigenvalue weighted by molar-refractivity contribution is 5.89. The van der Waals surface area contributed by atoms with Gasteiger partial charge in [0.15, 0.2) is 6.29 Å².